The number of benzene rings is 1. The maximum absolute atomic E-state index is 6.35. The number of fused-ring (bicyclic) bond motifs is 1. The van der Waals surface area contributed by atoms with Crippen LogP contribution in [0.25, 0.3) is 11.0 Å². The zero-order valence-electron chi connectivity index (χ0n) is 10.8. The number of hydrogen-bond donors (Lipinski definition) is 1. The summed E-state index contributed by atoms with van der Waals surface area (Å²) < 4.78 is 9.60. The van der Waals surface area contributed by atoms with Gasteiger partial charge in [0.25, 0.3) is 0 Å². The Morgan fingerprint density at radius 2 is 2.15 bits per heavy atom. The van der Waals surface area contributed by atoms with Crippen LogP contribution in [0.1, 0.15) is 24.4 Å². The van der Waals surface area contributed by atoms with E-state index in [2.05, 4.69) is 37.0 Å². The van der Waals surface area contributed by atoms with Crippen LogP contribution in [0.5, 0.6) is 0 Å². The Hall–Kier alpha value is -1.11. The predicted octanol–water partition coefficient (Wildman–Crippen LogP) is 4.22. The van der Waals surface area contributed by atoms with E-state index in [4.69, 9.17) is 10.2 Å². The van der Waals surface area contributed by atoms with Crippen LogP contribution in [0.4, 0.5) is 0 Å². The van der Waals surface area contributed by atoms with Gasteiger partial charge in [0.05, 0.1) is 20.8 Å². The van der Waals surface area contributed by atoms with Crippen molar-refractivity contribution in [1.29, 1.82) is 0 Å². The molecule has 1 unspecified atom stereocenters. The molecule has 0 aliphatic heterocycles. The first-order valence-electron chi connectivity index (χ1n) is 6.26. The van der Waals surface area contributed by atoms with E-state index < -0.39 is 0 Å². The normalized spacial score (nSPS) is 13.0. The van der Waals surface area contributed by atoms with Crippen molar-refractivity contribution < 1.29 is 4.42 Å². The Morgan fingerprint density at radius 1 is 1.35 bits per heavy atom. The number of nitrogens with two attached hydrogens (primary N) is 1. The monoisotopic (exact) mass is 397 g/mol. The van der Waals surface area contributed by atoms with Crippen molar-refractivity contribution in [3.05, 3.63) is 50.9 Å². The second-order valence-corrected chi connectivity index (χ2v) is 6.19. The van der Waals surface area contributed by atoms with Gasteiger partial charge in [0.15, 0.2) is 0 Å². The van der Waals surface area contributed by atoms with Gasteiger partial charge < -0.3 is 10.2 Å². The third-order valence-corrected chi connectivity index (χ3v) is 4.48. The maximum Gasteiger partial charge on any atom is 0.148 e. The van der Waals surface area contributed by atoms with Crippen LogP contribution < -0.4 is 5.73 Å². The van der Waals surface area contributed by atoms with Gasteiger partial charge in [0, 0.05) is 11.9 Å². The van der Waals surface area contributed by atoms with Crippen LogP contribution in [-0.2, 0) is 6.54 Å². The number of aromatic nitrogens is 2. The number of rotatable bonds is 3. The van der Waals surface area contributed by atoms with Gasteiger partial charge in [0.2, 0.25) is 0 Å². The summed E-state index contributed by atoms with van der Waals surface area (Å²) in [5.74, 6) is 0.725. The summed E-state index contributed by atoms with van der Waals surface area (Å²) in [6.07, 6.45) is 1.76. The fraction of sp³-hybridized carbons (Fsp3) is 0.214. The molecule has 3 aromatic rings. The van der Waals surface area contributed by atoms with Gasteiger partial charge in [-0.2, -0.15) is 5.10 Å². The summed E-state index contributed by atoms with van der Waals surface area (Å²) in [5.41, 5.74) is 8.09. The molecular weight excluding hydrogens is 386 g/mol. The highest BCUT2D eigenvalue weighted by molar-refractivity contribution is 9.11. The molecule has 0 aliphatic carbocycles. The zero-order chi connectivity index (χ0) is 14.3. The first-order chi connectivity index (χ1) is 9.61. The lowest BCUT2D eigenvalue weighted by molar-refractivity contribution is 0.499. The Kier molecular flexibility index (Phi) is 3.70. The molecule has 0 bridgehead atoms. The van der Waals surface area contributed by atoms with Gasteiger partial charge in [-0.05, 0) is 50.9 Å². The van der Waals surface area contributed by atoms with E-state index in [1.807, 2.05) is 35.9 Å². The van der Waals surface area contributed by atoms with Gasteiger partial charge in [-0.1, -0.05) is 12.1 Å². The molecule has 0 radical (unpaired) electrons. The molecule has 1 atom stereocenters. The minimum Gasteiger partial charge on any atom is -0.458 e. The number of furan rings is 1. The number of nitrogens with zero attached hydrogens (tertiary/aromatic N) is 2. The highest BCUT2D eigenvalue weighted by Gasteiger charge is 2.21. The molecule has 2 heterocycles. The second-order valence-electron chi connectivity index (χ2n) is 4.48. The van der Waals surface area contributed by atoms with Gasteiger partial charge >= 0.3 is 0 Å². The molecule has 0 saturated carbocycles. The van der Waals surface area contributed by atoms with E-state index in [-0.39, 0.29) is 6.04 Å². The third kappa shape index (κ3) is 2.21. The molecule has 0 aliphatic rings. The summed E-state index contributed by atoms with van der Waals surface area (Å²) in [5, 5.41) is 5.32. The van der Waals surface area contributed by atoms with Crippen LogP contribution in [-0.4, -0.2) is 9.78 Å². The van der Waals surface area contributed by atoms with Gasteiger partial charge in [-0.15, -0.1) is 0 Å². The van der Waals surface area contributed by atoms with Crippen LogP contribution in [0.2, 0.25) is 0 Å². The summed E-state index contributed by atoms with van der Waals surface area (Å²) in [6.45, 7) is 2.80. The molecule has 0 amide bonds. The van der Waals surface area contributed by atoms with Crippen LogP contribution >= 0.6 is 31.9 Å². The maximum atomic E-state index is 6.35. The van der Waals surface area contributed by atoms with E-state index >= 15 is 0 Å². The Labute approximate surface area is 133 Å². The lowest BCUT2D eigenvalue weighted by Crippen LogP contribution is -2.17. The van der Waals surface area contributed by atoms with Crippen molar-refractivity contribution in [2.24, 2.45) is 5.73 Å². The van der Waals surface area contributed by atoms with Crippen molar-refractivity contribution in [2.45, 2.75) is 19.5 Å². The summed E-state index contributed by atoms with van der Waals surface area (Å²) in [7, 11) is 0. The molecule has 0 saturated heterocycles. The summed E-state index contributed by atoms with van der Waals surface area (Å²) in [4.78, 5) is 0. The van der Waals surface area contributed by atoms with E-state index in [1.54, 1.807) is 6.20 Å². The molecule has 0 fully saturated rings. The molecule has 20 heavy (non-hydrogen) atoms. The number of para-hydroxylation sites is 1. The Bertz CT molecular complexity index is 763. The fourth-order valence-corrected chi connectivity index (χ4v) is 3.27. The molecule has 104 valence electrons. The molecule has 3 rings (SSSR count). The zero-order valence-corrected chi connectivity index (χ0v) is 14.0. The molecule has 0 spiro atoms. The highest BCUT2D eigenvalue weighted by Crippen LogP contribution is 2.33. The molecule has 2 aromatic heterocycles. The average molecular weight is 399 g/mol. The van der Waals surface area contributed by atoms with Crippen LogP contribution in [0.15, 0.2) is 43.8 Å². The molecule has 4 nitrogen and oxygen atoms in total. The fourth-order valence-electron chi connectivity index (χ4n) is 2.27. The topological polar surface area (TPSA) is 57.0 Å². The largest absolute Gasteiger partial charge is 0.458 e. The minimum absolute atomic E-state index is 0.355. The van der Waals surface area contributed by atoms with Crippen molar-refractivity contribution in [3.8, 4) is 0 Å². The van der Waals surface area contributed by atoms with Gasteiger partial charge in [0.1, 0.15) is 17.4 Å². The van der Waals surface area contributed by atoms with Crippen molar-refractivity contribution >= 4 is 42.8 Å². The van der Waals surface area contributed by atoms with Crippen molar-refractivity contribution in [1.82, 2.24) is 9.78 Å². The van der Waals surface area contributed by atoms with E-state index in [0.717, 1.165) is 37.9 Å². The predicted molar refractivity (Wildman–Crippen MR) is 85.5 cm³/mol. The highest BCUT2D eigenvalue weighted by atomic mass is 79.9. The summed E-state index contributed by atoms with van der Waals surface area (Å²) >= 11 is 6.99. The summed E-state index contributed by atoms with van der Waals surface area (Å²) in [6, 6.07) is 7.55. The smallest absolute Gasteiger partial charge is 0.148 e. The van der Waals surface area contributed by atoms with Crippen molar-refractivity contribution in [3.63, 3.8) is 0 Å². The van der Waals surface area contributed by atoms with Gasteiger partial charge in [-0.25, -0.2) is 0 Å². The van der Waals surface area contributed by atoms with Gasteiger partial charge in [-0.3, -0.25) is 4.68 Å². The molecule has 2 N–H and O–H groups in total. The van der Waals surface area contributed by atoms with E-state index in [1.165, 1.54) is 0 Å². The molecule has 1 aromatic carbocycles. The first-order valence-corrected chi connectivity index (χ1v) is 7.85. The van der Waals surface area contributed by atoms with Crippen LogP contribution in [0, 0.1) is 0 Å². The Morgan fingerprint density at radius 3 is 2.85 bits per heavy atom. The molecular formula is C14H13Br2N3O. The van der Waals surface area contributed by atoms with E-state index in [9.17, 15) is 0 Å². The third-order valence-electron chi connectivity index (χ3n) is 3.25. The lowest BCUT2D eigenvalue weighted by Gasteiger charge is -2.11. The standard InChI is InChI=1S/C14H13Br2N3O/c1-2-19-13(10(16)7-18-19)12(17)11-6-8-4-3-5-9(15)14(8)20-11/h3-7,12H,2,17H2,1H3. The Balaban J connectivity index is 2.10. The first kappa shape index (κ1) is 13.9. The number of aryl methyl sites for hydroxylation is 1. The molecule has 6 heteroatoms. The quantitative estimate of drug-likeness (QED) is 0.718. The lowest BCUT2D eigenvalue weighted by atomic mass is 10.1. The SMILES string of the molecule is CCn1ncc(Br)c1C(N)c1cc2cccc(Br)c2o1. The average Bonchev–Trinajstić information content (AvgIpc) is 3.02. The minimum atomic E-state index is -0.355. The van der Waals surface area contributed by atoms with Crippen molar-refractivity contribution in [2.75, 3.05) is 0 Å². The number of halogens is 2. The van der Waals surface area contributed by atoms with Crippen LogP contribution in [0.3, 0.4) is 0 Å². The van der Waals surface area contributed by atoms with E-state index in [0.29, 0.717) is 0 Å². The number of hydrogen-bond acceptors (Lipinski definition) is 3. The second kappa shape index (κ2) is 5.35.